The van der Waals surface area contributed by atoms with Crippen LogP contribution in [0.3, 0.4) is 0 Å². The molecule has 1 aromatic rings. The van der Waals surface area contributed by atoms with Crippen LogP contribution in [0.2, 0.25) is 5.02 Å². The molecular weight excluding hydrogens is 278 g/mol. The Bertz CT molecular complexity index is 533. The van der Waals surface area contributed by atoms with E-state index in [2.05, 4.69) is 0 Å². The highest BCUT2D eigenvalue weighted by atomic mass is 35.5. The number of hydrogen-bond donors (Lipinski definition) is 1. The molecule has 1 fully saturated rings. The van der Waals surface area contributed by atoms with E-state index >= 15 is 0 Å². The predicted molar refractivity (Wildman–Crippen MR) is 78.6 cm³/mol. The normalized spacial score (nSPS) is 15.9. The number of nitrogens with two attached hydrogens (primary N) is 1. The Morgan fingerprint density at radius 2 is 1.80 bits per heavy atom. The Morgan fingerprint density at radius 1 is 1.15 bits per heavy atom. The van der Waals surface area contributed by atoms with E-state index in [4.69, 9.17) is 17.3 Å². The molecule has 0 aliphatic carbocycles. The van der Waals surface area contributed by atoms with Gasteiger partial charge in [0.1, 0.15) is 0 Å². The van der Waals surface area contributed by atoms with Crippen LogP contribution in [0.4, 0.5) is 5.69 Å². The molecule has 0 unspecified atom stereocenters. The van der Waals surface area contributed by atoms with Gasteiger partial charge >= 0.3 is 0 Å². The second-order valence-corrected chi connectivity index (χ2v) is 5.32. The molecule has 1 saturated heterocycles. The van der Waals surface area contributed by atoms with E-state index in [0.29, 0.717) is 42.5 Å². The molecule has 0 atom stereocenters. The van der Waals surface area contributed by atoms with Gasteiger partial charge in [-0.05, 0) is 24.6 Å². The molecule has 0 saturated carbocycles. The Morgan fingerprint density at radius 3 is 2.45 bits per heavy atom. The van der Waals surface area contributed by atoms with Gasteiger partial charge in [-0.3, -0.25) is 9.59 Å². The number of carbonyl (C=O) groups is 2. The summed E-state index contributed by atoms with van der Waals surface area (Å²) in [4.78, 5) is 27.3. The molecule has 1 aromatic carbocycles. The summed E-state index contributed by atoms with van der Waals surface area (Å²) in [6.07, 6.45) is 0.777. The van der Waals surface area contributed by atoms with E-state index in [9.17, 15) is 9.59 Å². The Balaban J connectivity index is 2.11. The molecule has 5 nitrogen and oxygen atoms in total. The van der Waals surface area contributed by atoms with Gasteiger partial charge in [0.2, 0.25) is 5.91 Å². The van der Waals surface area contributed by atoms with Crippen molar-refractivity contribution in [2.45, 2.75) is 13.3 Å². The fourth-order valence-electron chi connectivity index (χ4n) is 2.33. The van der Waals surface area contributed by atoms with Crippen LogP contribution < -0.4 is 5.73 Å². The number of halogens is 1. The average molecular weight is 296 g/mol. The lowest BCUT2D eigenvalue weighted by Crippen LogP contribution is -2.36. The van der Waals surface area contributed by atoms with Crippen LogP contribution in [-0.2, 0) is 4.79 Å². The smallest absolute Gasteiger partial charge is 0.256 e. The molecule has 0 spiro atoms. The van der Waals surface area contributed by atoms with Crippen molar-refractivity contribution in [3.05, 3.63) is 28.8 Å². The summed E-state index contributed by atoms with van der Waals surface area (Å²) in [7, 11) is 0. The van der Waals surface area contributed by atoms with Crippen molar-refractivity contribution in [2.75, 3.05) is 31.9 Å². The van der Waals surface area contributed by atoms with Gasteiger partial charge in [-0.1, -0.05) is 11.6 Å². The first-order valence-corrected chi connectivity index (χ1v) is 6.96. The summed E-state index contributed by atoms with van der Waals surface area (Å²) >= 11 is 5.84. The summed E-state index contributed by atoms with van der Waals surface area (Å²) in [6.45, 7) is 3.96. The molecule has 2 amide bonds. The average Bonchev–Trinajstić information content (AvgIpc) is 2.63. The number of rotatable bonds is 1. The van der Waals surface area contributed by atoms with Crippen LogP contribution in [0.25, 0.3) is 0 Å². The zero-order valence-electron chi connectivity index (χ0n) is 11.4. The van der Waals surface area contributed by atoms with E-state index < -0.39 is 0 Å². The van der Waals surface area contributed by atoms with Gasteiger partial charge < -0.3 is 15.5 Å². The topological polar surface area (TPSA) is 66.6 Å². The molecule has 1 aliphatic rings. The Hall–Kier alpha value is -1.75. The molecule has 108 valence electrons. The molecule has 0 bridgehead atoms. The Labute approximate surface area is 123 Å². The first kappa shape index (κ1) is 14.7. The van der Waals surface area contributed by atoms with Gasteiger partial charge in [-0.15, -0.1) is 0 Å². The van der Waals surface area contributed by atoms with Gasteiger partial charge in [0.05, 0.1) is 5.56 Å². The van der Waals surface area contributed by atoms with E-state index in [-0.39, 0.29) is 11.8 Å². The second kappa shape index (κ2) is 6.13. The third-order valence-electron chi connectivity index (χ3n) is 3.47. The SMILES string of the molecule is CC(=O)N1CCCN(C(=O)c2ccc(Cl)cc2N)CC1. The van der Waals surface area contributed by atoms with Crippen LogP contribution in [0.15, 0.2) is 18.2 Å². The summed E-state index contributed by atoms with van der Waals surface area (Å²) < 4.78 is 0. The van der Waals surface area contributed by atoms with E-state index in [1.807, 2.05) is 0 Å². The van der Waals surface area contributed by atoms with Crippen molar-refractivity contribution in [2.24, 2.45) is 0 Å². The van der Waals surface area contributed by atoms with Crippen molar-refractivity contribution >= 4 is 29.1 Å². The predicted octanol–water partition coefficient (Wildman–Crippen LogP) is 1.62. The maximum atomic E-state index is 12.5. The van der Waals surface area contributed by atoms with Crippen molar-refractivity contribution < 1.29 is 9.59 Å². The minimum atomic E-state index is -0.107. The van der Waals surface area contributed by atoms with Gasteiger partial charge in [-0.25, -0.2) is 0 Å². The molecule has 0 aromatic heterocycles. The van der Waals surface area contributed by atoms with E-state index in [1.165, 1.54) is 0 Å². The first-order chi connectivity index (χ1) is 9.49. The fraction of sp³-hybridized carbons (Fsp3) is 0.429. The summed E-state index contributed by atoms with van der Waals surface area (Å²) in [5.74, 6) is -0.0603. The van der Waals surface area contributed by atoms with E-state index in [1.54, 1.807) is 34.9 Å². The highest BCUT2D eigenvalue weighted by Crippen LogP contribution is 2.20. The summed E-state index contributed by atoms with van der Waals surface area (Å²) in [5.41, 5.74) is 6.70. The largest absolute Gasteiger partial charge is 0.398 e. The van der Waals surface area contributed by atoms with Gasteiger partial charge in [0, 0.05) is 43.8 Å². The second-order valence-electron chi connectivity index (χ2n) is 4.88. The number of nitrogen functional groups attached to an aromatic ring is 1. The molecule has 1 heterocycles. The summed E-state index contributed by atoms with van der Waals surface area (Å²) in [5, 5.41) is 0.512. The molecule has 6 heteroatoms. The monoisotopic (exact) mass is 295 g/mol. The molecular formula is C14H18ClN3O2. The van der Waals surface area contributed by atoms with Crippen LogP contribution in [0.5, 0.6) is 0 Å². The number of amides is 2. The van der Waals surface area contributed by atoms with Gasteiger partial charge in [0.15, 0.2) is 0 Å². The third kappa shape index (κ3) is 3.22. The number of anilines is 1. The number of hydrogen-bond acceptors (Lipinski definition) is 3. The van der Waals surface area contributed by atoms with Crippen LogP contribution >= 0.6 is 11.6 Å². The van der Waals surface area contributed by atoms with Crippen molar-refractivity contribution in [3.63, 3.8) is 0 Å². The molecule has 0 radical (unpaired) electrons. The van der Waals surface area contributed by atoms with Gasteiger partial charge in [-0.2, -0.15) is 0 Å². The molecule has 1 aliphatic heterocycles. The first-order valence-electron chi connectivity index (χ1n) is 6.59. The zero-order chi connectivity index (χ0) is 14.7. The standard InChI is InChI=1S/C14H18ClN3O2/c1-10(19)17-5-2-6-18(8-7-17)14(20)12-4-3-11(15)9-13(12)16/h3-4,9H,2,5-8,16H2,1H3. The number of benzene rings is 1. The Kier molecular flexibility index (Phi) is 4.49. The highest BCUT2D eigenvalue weighted by Gasteiger charge is 2.22. The van der Waals surface area contributed by atoms with E-state index in [0.717, 1.165) is 6.42 Å². The maximum Gasteiger partial charge on any atom is 0.256 e. The van der Waals surface area contributed by atoms with Crippen LogP contribution in [-0.4, -0.2) is 47.8 Å². The minimum Gasteiger partial charge on any atom is -0.398 e. The number of nitrogens with zero attached hydrogens (tertiary/aromatic N) is 2. The quantitative estimate of drug-likeness (QED) is 0.801. The van der Waals surface area contributed by atoms with Crippen LogP contribution in [0.1, 0.15) is 23.7 Å². The highest BCUT2D eigenvalue weighted by molar-refractivity contribution is 6.31. The van der Waals surface area contributed by atoms with Crippen molar-refractivity contribution in [1.82, 2.24) is 9.80 Å². The maximum absolute atomic E-state index is 12.5. The summed E-state index contributed by atoms with van der Waals surface area (Å²) in [6, 6.07) is 4.88. The van der Waals surface area contributed by atoms with Crippen molar-refractivity contribution in [3.8, 4) is 0 Å². The lowest BCUT2D eigenvalue weighted by atomic mass is 10.1. The zero-order valence-corrected chi connectivity index (χ0v) is 12.2. The molecule has 20 heavy (non-hydrogen) atoms. The van der Waals surface area contributed by atoms with Crippen LogP contribution in [0, 0.1) is 0 Å². The molecule has 2 rings (SSSR count). The lowest BCUT2D eigenvalue weighted by Gasteiger charge is -2.22. The minimum absolute atomic E-state index is 0.0466. The number of carbonyl (C=O) groups excluding carboxylic acids is 2. The lowest BCUT2D eigenvalue weighted by molar-refractivity contribution is -0.128. The van der Waals surface area contributed by atoms with Crippen molar-refractivity contribution in [1.29, 1.82) is 0 Å². The third-order valence-corrected chi connectivity index (χ3v) is 3.71. The van der Waals surface area contributed by atoms with Gasteiger partial charge in [0.25, 0.3) is 5.91 Å². The fourth-order valence-corrected chi connectivity index (χ4v) is 2.51. The molecule has 2 N–H and O–H groups in total.